The molecule has 0 aliphatic heterocycles. The Kier molecular flexibility index (Phi) is 4.77. The topological polar surface area (TPSA) is 89.6 Å². The predicted octanol–water partition coefficient (Wildman–Crippen LogP) is 0.824. The molecule has 17 heavy (non-hydrogen) atoms. The highest BCUT2D eigenvalue weighted by Gasteiger charge is 2.15. The lowest BCUT2D eigenvalue weighted by Gasteiger charge is -2.10. The van der Waals surface area contributed by atoms with Gasteiger partial charge in [-0.25, -0.2) is 8.42 Å². The molecule has 6 heteroatoms. The van der Waals surface area contributed by atoms with Gasteiger partial charge in [0.05, 0.1) is 29.5 Å². The molecule has 0 bridgehead atoms. The largest absolute Gasteiger partial charge is 0.491 e. The van der Waals surface area contributed by atoms with Crippen molar-refractivity contribution in [1.82, 2.24) is 0 Å². The van der Waals surface area contributed by atoms with Gasteiger partial charge in [-0.15, -0.1) is 0 Å². The lowest BCUT2D eigenvalue weighted by molar-refractivity contribution is 0.317. The van der Waals surface area contributed by atoms with E-state index in [1.54, 1.807) is 0 Å². The second-order valence-electron chi connectivity index (χ2n) is 3.59. The van der Waals surface area contributed by atoms with Crippen LogP contribution in [0.5, 0.6) is 5.75 Å². The number of hydrogen-bond donors (Lipinski definition) is 2. The van der Waals surface area contributed by atoms with Gasteiger partial charge in [-0.05, 0) is 18.6 Å². The third-order valence-electron chi connectivity index (χ3n) is 2.17. The molecule has 0 radical (unpaired) electrons. The Labute approximate surface area is 101 Å². The van der Waals surface area contributed by atoms with Crippen molar-refractivity contribution in [2.45, 2.75) is 18.2 Å². The average Bonchev–Trinajstić information content (AvgIpc) is 2.27. The highest BCUT2D eigenvalue weighted by Crippen LogP contribution is 2.25. The van der Waals surface area contributed by atoms with E-state index in [2.05, 4.69) is 0 Å². The Bertz CT molecular complexity index is 470. The fraction of sp³-hybridized carbons (Fsp3) is 0.455. The standard InChI is InChI=1S/C11H17NO4S/c1-2-6-16-11-8-9(3-4-10(11)12)17(14,15)7-5-13/h3-4,8,13H,2,5-7,12H2,1H3. The SMILES string of the molecule is CCCOc1cc(S(=O)(=O)CCO)ccc1N. The number of ether oxygens (including phenoxy) is 1. The van der Waals surface area contributed by atoms with E-state index in [0.717, 1.165) is 6.42 Å². The number of nitrogen functional groups attached to an aromatic ring is 1. The molecule has 1 aromatic rings. The minimum atomic E-state index is -3.46. The fourth-order valence-electron chi connectivity index (χ4n) is 1.28. The normalized spacial score (nSPS) is 11.4. The van der Waals surface area contributed by atoms with Crippen LogP contribution in [-0.2, 0) is 9.84 Å². The first-order chi connectivity index (χ1) is 8.01. The lowest BCUT2D eigenvalue weighted by atomic mass is 10.3. The zero-order valence-corrected chi connectivity index (χ0v) is 10.5. The molecular weight excluding hydrogens is 242 g/mol. The van der Waals surface area contributed by atoms with Crippen LogP contribution >= 0.6 is 0 Å². The second kappa shape index (κ2) is 5.88. The van der Waals surface area contributed by atoms with E-state index in [1.165, 1.54) is 18.2 Å². The van der Waals surface area contributed by atoms with E-state index in [0.29, 0.717) is 18.0 Å². The quantitative estimate of drug-likeness (QED) is 0.738. The molecule has 0 heterocycles. The molecule has 0 aliphatic carbocycles. The van der Waals surface area contributed by atoms with Crippen LogP contribution in [0.4, 0.5) is 5.69 Å². The van der Waals surface area contributed by atoms with Gasteiger partial charge < -0.3 is 15.6 Å². The number of nitrogens with two attached hydrogens (primary N) is 1. The molecule has 0 saturated carbocycles. The number of rotatable bonds is 6. The van der Waals surface area contributed by atoms with E-state index in [1.807, 2.05) is 6.92 Å². The van der Waals surface area contributed by atoms with Crippen molar-refractivity contribution in [1.29, 1.82) is 0 Å². The van der Waals surface area contributed by atoms with Gasteiger partial charge in [0.15, 0.2) is 9.84 Å². The number of sulfone groups is 1. The number of aliphatic hydroxyl groups is 1. The third kappa shape index (κ3) is 3.61. The summed E-state index contributed by atoms with van der Waals surface area (Å²) in [5.74, 6) is 0.0651. The maximum Gasteiger partial charge on any atom is 0.180 e. The van der Waals surface area contributed by atoms with Crippen molar-refractivity contribution in [3.8, 4) is 5.75 Å². The van der Waals surface area contributed by atoms with Crippen LogP contribution in [0, 0.1) is 0 Å². The van der Waals surface area contributed by atoms with Crippen molar-refractivity contribution < 1.29 is 18.3 Å². The molecule has 1 aromatic carbocycles. The van der Waals surface area contributed by atoms with Gasteiger partial charge in [-0.3, -0.25) is 0 Å². The van der Waals surface area contributed by atoms with Crippen LogP contribution in [0.25, 0.3) is 0 Å². The van der Waals surface area contributed by atoms with E-state index in [4.69, 9.17) is 15.6 Å². The summed E-state index contributed by atoms with van der Waals surface area (Å²) >= 11 is 0. The monoisotopic (exact) mass is 259 g/mol. The van der Waals surface area contributed by atoms with Gasteiger partial charge >= 0.3 is 0 Å². The summed E-state index contributed by atoms with van der Waals surface area (Å²) in [6, 6.07) is 4.31. The molecule has 0 aliphatic rings. The first-order valence-corrected chi connectivity index (χ1v) is 7.02. The van der Waals surface area contributed by atoms with E-state index in [-0.39, 0.29) is 10.6 Å². The lowest BCUT2D eigenvalue weighted by Crippen LogP contribution is -2.10. The Hall–Kier alpha value is -1.27. The smallest absolute Gasteiger partial charge is 0.180 e. The molecule has 0 spiro atoms. The van der Waals surface area contributed by atoms with Crippen LogP contribution in [0.3, 0.4) is 0 Å². The number of anilines is 1. The van der Waals surface area contributed by atoms with Crippen molar-refractivity contribution >= 4 is 15.5 Å². The van der Waals surface area contributed by atoms with Gasteiger partial charge in [0.2, 0.25) is 0 Å². The molecule has 0 amide bonds. The summed E-state index contributed by atoms with van der Waals surface area (Å²) in [4.78, 5) is 0.117. The van der Waals surface area contributed by atoms with E-state index < -0.39 is 16.4 Å². The maximum absolute atomic E-state index is 11.7. The van der Waals surface area contributed by atoms with Crippen LogP contribution in [0.15, 0.2) is 23.1 Å². The number of benzene rings is 1. The molecular formula is C11H17NO4S. The van der Waals surface area contributed by atoms with Crippen molar-refractivity contribution in [3.63, 3.8) is 0 Å². The zero-order chi connectivity index (χ0) is 12.9. The summed E-state index contributed by atoms with van der Waals surface area (Å²) in [6.45, 7) is 2.02. The zero-order valence-electron chi connectivity index (χ0n) is 9.72. The highest BCUT2D eigenvalue weighted by atomic mass is 32.2. The highest BCUT2D eigenvalue weighted by molar-refractivity contribution is 7.91. The first kappa shape index (κ1) is 13.8. The van der Waals surface area contributed by atoms with Crippen LogP contribution in [0.1, 0.15) is 13.3 Å². The Morgan fingerprint density at radius 2 is 2.12 bits per heavy atom. The van der Waals surface area contributed by atoms with Crippen molar-refractivity contribution in [2.24, 2.45) is 0 Å². The molecule has 3 N–H and O–H groups in total. The van der Waals surface area contributed by atoms with Crippen molar-refractivity contribution in [3.05, 3.63) is 18.2 Å². The molecule has 5 nitrogen and oxygen atoms in total. The summed E-state index contributed by atoms with van der Waals surface area (Å²) in [7, 11) is -3.46. The summed E-state index contributed by atoms with van der Waals surface area (Å²) in [6.07, 6.45) is 0.813. The Morgan fingerprint density at radius 3 is 2.71 bits per heavy atom. The summed E-state index contributed by atoms with van der Waals surface area (Å²) in [5, 5.41) is 8.69. The summed E-state index contributed by atoms with van der Waals surface area (Å²) in [5.41, 5.74) is 6.08. The molecule has 96 valence electrons. The Morgan fingerprint density at radius 1 is 1.41 bits per heavy atom. The summed E-state index contributed by atoms with van der Waals surface area (Å²) < 4.78 is 28.8. The maximum atomic E-state index is 11.7. The molecule has 0 saturated heterocycles. The molecule has 0 aromatic heterocycles. The van der Waals surface area contributed by atoms with E-state index in [9.17, 15) is 8.42 Å². The fourth-order valence-corrected chi connectivity index (χ4v) is 2.32. The van der Waals surface area contributed by atoms with Gasteiger partial charge in [-0.1, -0.05) is 6.92 Å². The predicted molar refractivity (Wildman–Crippen MR) is 65.8 cm³/mol. The molecule has 0 fully saturated rings. The molecule has 1 rings (SSSR count). The van der Waals surface area contributed by atoms with Crippen molar-refractivity contribution in [2.75, 3.05) is 24.7 Å². The minimum Gasteiger partial charge on any atom is -0.491 e. The van der Waals surface area contributed by atoms with Gasteiger partial charge in [0.25, 0.3) is 0 Å². The first-order valence-electron chi connectivity index (χ1n) is 5.37. The number of aliphatic hydroxyl groups excluding tert-OH is 1. The van der Waals surface area contributed by atoms with Crippen LogP contribution in [0.2, 0.25) is 0 Å². The number of hydrogen-bond acceptors (Lipinski definition) is 5. The third-order valence-corrected chi connectivity index (χ3v) is 3.86. The van der Waals surface area contributed by atoms with Crippen LogP contribution < -0.4 is 10.5 Å². The van der Waals surface area contributed by atoms with Crippen LogP contribution in [-0.4, -0.2) is 32.5 Å². The van der Waals surface area contributed by atoms with Gasteiger partial charge in [0.1, 0.15) is 5.75 Å². The van der Waals surface area contributed by atoms with Gasteiger partial charge in [0, 0.05) is 6.07 Å². The second-order valence-corrected chi connectivity index (χ2v) is 5.70. The van der Waals surface area contributed by atoms with E-state index >= 15 is 0 Å². The Balaban J connectivity index is 3.03. The average molecular weight is 259 g/mol. The minimum absolute atomic E-state index is 0.117. The molecule has 0 unspecified atom stereocenters. The van der Waals surface area contributed by atoms with Gasteiger partial charge in [-0.2, -0.15) is 0 Å². The molecule has 0 atom stereocenters.